The number of nitrogens with two attached hydrogens (primary N) is 1. The molecular formula is C11H19BrN2O2S2. The number of rotatable bonds is 6. The highest BCUT2D eigenvalue weighted by Gasteiger charge is 2.28. The zero-order valence-electron chi connectivity index (χ0n) is 10.8. The van der Waals surface area contributed by atoms with Gasteiger partial charge in [-0.1, -0.05) is 13.3 Å². The van der Waals surface area contributed by atoms with Crippen molar-refractivity contribution in [1.82, 2.24) is 4.72 Å². The minimum absolute atomic E-state index is 0.275. The normalized spacial score (nSPS) is 12.9. The second-order valence-corrected chi connectivity index (χ2v) is 8.90. The molecule has 0 aromatic carbocycles. The Hall–Kier alpha value is 0.0500. The Morgan fingerprint density at radius 1 is 1.50 bits per heavy atom. The van der Waals surface area contributed by atoms with E-state index in [0.29, 0.717) is 10.3 Å². The van der Waals surface area contributed by atoms with Crippen LogP contribution in [0.3, 0.4) is 0 Å². The van der Waals surface area contributed by atoms with Crippen LogP contribution in [-0.4, -0.2) is 14.0 Å². The van der Waals surface area contributed by atoms with Crippen LogP contribution in [0.25, 0.3) is 0 Å². The summed E-state index contributed by atoms with van der Waals surface area (Å²) in [6.45, 7) is 6.15. The lowest BCUT2D eigenvalue weighted by molar-refractivity contribution is 0.417. The topological polar surface area (TPSA) is 72.2 Å². The van der Waals surface area contributed by atoms with Gasteiger partial charge in [0.15, 0.2) is 0 Å². The number of thiophene rings is 1. The molecule has 104 valence electrons. The first-order chi connectivity index (χ1) is 8.22. The van der Waals surface area contributed by atoms with Gasteiger partial charge in [0.2, 0.25) is 10.0 Å². The Bertz CT molecular complexity index is 509. The van der Waals surface area contributed by atoms with E-state index in [0.717, 1.165) is 17.7 Å². The molecular weight excluding hydrogens is 336 g/mol. The van der Waals surface area contributed by atoms with Crippen LogP contribution in [0.5, 0.6) is 0 Å². The first kappa shape index (κ1) is 16.1. The molecule has 0 aliphatic carbocycles. The van der Waals surface area contributed by atoms with Crippen LogP contribution in [0.4, 0.5) is 0 Å². The van der Waals surface area contributed by atoms with Crippen molar-refractivity contribution in [2.45, 2.75) is 50.6 Å². The fraction of sp³-hybridized carbons (Fsp3) is 0.636. The molecule has 7 heteroatoms. The zero-order chi connectivity index (χ0) is 14.0. The molecule has 1 heterocycles. The summed E-state index contributed by atoms with van der Waals surface area (Å²) in [4.78, 5) is 1.12. The van der Waals surface area contributed by atoms with Crippen LogP contribution < -0.4 is 10.5 Å². The van der Waals surface area contributed by atoms with Crippen molar-refractivity contribution in [2.24, 2.45) is 5.73 Å². The van der Waals surface area contributed by atoms with Gasteiger partial charge in [0, 0.05) is 17.0 Å². The summed E-state index contributed by atoms with van der Waals surface area (Å²) < 4.78 is 27.9. The van der Waals surface area contributed by atoms with Gasteiger partial charge in [-0.2, -0.15) is 0 Å². The fourth-order valence-electron chi connectivity index (χ4n) is 1.78. The third kappa shape index (κ3) is 4.03. The molecule has 3 N–H and O–H groups in total. The Morgan fingerprint density at radius 2 is 2.11 bits per heavy atom. The predicted molar refractivity (Wildman–Crippen MR) is 79.2 cm³/mol. The van der Waals surface area contributed by atoms with E-state index in [1.165, 1.54) is 11.3 Å². The summed E-state index contributed by atoms with van der Waals surface area (Å²) >= 11 is 4.64. The molecule has 1 aromatic heterocycles. The van der Waals surface area contributed by atoms with Crippen LogP contribution in [0.1, 0.15) is 38.5 Å². The molecule has 0 spiro atoms. The van der Waals surface area contributed by atoms with Crippen LogP contribution in [0, 0.1) is 0 Å². The van der Waals surface area contributed by atoms with E-state index in [2.05, 4.69) is 20.7 Å². The summed E-state index contributed by atoms with van der Waals surface area (Å²) in [5.74, 6) is 0. The standard InChI is InChI=1S/C11H19BrN2O2S2/c1-4-5-11(2,3)14-18(15,16)9-6-8(7-13)17-10(9)12/h6,14H,4-5,7,13H2,1-3H3. The number of halogens is 1. The maximum absolute atomic E-state index is 12.3. The lowest BCUT2D eigenvalue weighted by Crippen LogP contribution is -2.43. The average Bonchev–Trinajstić information content (AvgIpc) is 2.58. The van der Waals surface area contributed by atoms with E-state index in [4.69, 9.17) is 5.73 Å². The summed E-state index contributed by atoms with van der Waals surface area (Å²) in [5.41, 5.74) is 5.08. The Labute approximate surface area is 121 Å². The SMILES string of the molecule is CCCC(C)(C)NS(=O)(=O)c1cc(CN)sc1Br. The minimum Gasteiger partial charge on any atom is -0.326 e. The lowest BCUT2D eigenvalue weighted by atomic mass is 10.0. The molecule has 0 radical (unpaired) electrons. The van der Waals surface area contributed by atoms with Crippen molar-refractivity contribution in [2.75, 3.05) is 0 Å². The van der Waals surface area contributed by atoms with Crippen molar-refractivity contribution in [3.63, 3.8) is 0 Å². The largest absolute Gasteiger partial charge is 0.326 e. The number of hydrogen-bond acceptors (Lipinski definition) is 4. The molecule has 1 rings (SSSR count). The average molecular weight is 355 g/mol. The molecule has 0 atom stereocenters. The van der Waals surface area contributed by atoms with E-state index in [1.54, 1.807) is 6.07 Å². The van der Waals surface area contributed by atoms with Crippen molar-refractivity contribution in [3.8, 4) is 0 Å². The molecule has 0 unspecified atom stereocenters. The van der Waals surface area contributed by atoms with E-state index < -0.39 is 15.6 Å². The summed E-state index contributed by atoms with van der Waals surface area (Å²) in [6.07, 6.45) is 1.71. The maximum Gasteiger partial charge on any atom is 0.243 e. The molecule has 0 saturated heterocycles. The first-order valence-electron chi connectivity index (χ1n) is 5.74. The van der Waals surface area contributed by atoms with E-state index in [1.807, 2.05) is 20.8 Å². The molecule has 0 aliphatic rings. The highest BCUT2D eigenvalue weighted by Crippen LogP contribution is 2.32. The molecule has 0 saturated carbocycles. The molecule has 0 bridgehead atoms. The van der Waals surface area contributed by atoms with Gasteiger partial charge in [-0.25, -0.2) is 13.1 Å². The van der Waals surface area contributed by atoms with Crippen LogP contribution >= 0.6 is 27.3 Å². The summed E-state index contributed by atoms with van der Waals surface area (Å²) in [5, 5.41) is 0. The number of hydrogen-bond donors (Lipinski definition) is 2. The maximum atomic E-state index is 12.3. The molecule has 0 amide bonds. The Balaban J connectivity index is 3.03. The smallest absolute Gasteiger partial charge is 0.243 e. The molecule has 18 heavy (non-hydrogen) atoms. The summed E-state index contributed by atoms with van der Waals surface area (Å²) in [6, 6.07) is 1.62. The van der Waals surface area contributed by atoms with E-state index in [-0.39, 0.29) is 4.90 Å². The first-order valence-corrected chi connectivity index (χ1v) is 8.83. The monoisotopic (exact) mass is 354 g/mol. The molecule has 1 aromatic rings. The van der Waals surface area contributed by atoms with Gasteiger partial charge in [-0.3, -0.25) is 0 Å². The quantitative estimate of drug-likeness (QED) is 0.824. The Kier molecular flexibility index (Phi) is 5.37. The molecule has 4 nitrogen and oxygen atoms in total. The van der Waals surface area contributed by atoms with Gasteiger partial charge in [0.25, 0.3) is 0 Å². The predicted octanol–water partition coefficient (Wildman–Crippen LogP) is 2.83. The zero-order valence-corrected chi connectivity index (χ0v) is 14.0. The van der Waals surface area contributed by atoms with Gasteiger partial charge >= 0.3 is 0 Å². The van der Waals surface area contributed by atoms with Gasteiger partial charge in [0.1, 0.15) is 4.90 Å². The van der Waals surface area contributed by atoms with E-state index in [9.17, 15) is 8.42 Å². The van der Waals surface area contributed by atoms with Crippen molar-refractivity contribution in [3.05, 3.63) is 14.7 Å². The minimum atomic E-state index is -3.50. The second kappa shape index (κ2) is 6.00. The van der Waals surface area contributed by atoms with Crippen molar-refractivity contribution >= 4 is 37.3 Å². The fourth-order valence-corrected chi connectivity index (χ4v) is 5.78. The molecule has 0 fully saturated rings. The third-order valence-electron chi connectivity index (χ3n) is 2.48. The molecule has 0 aliphatic heterocycles. The van der Waals surface area contributed by atoms with Gasteiger partial charge < -0.3 is 5.73 Å². The van der Waals surface area contributed by atoms with Crippen LogP contribution in [0.15, 0.2) is 14.7 Å². The Morgan fingerprint density at radius 3 is 2.56 bits per heavy atom. The van der Waals surface area contributed by atoms with Crippen molar-refractivity contribution < 1.29 is 8.42 Å². The third-order valence-corrected chi connectivity index (χ3v) is 6.46. The van der Waals surface area contributed by atoms with Gasteiger partial charge in [-0.05, 0) is 42.3 Å². The lowest BCUT2D eigenvalue weighted by Gasteiger charge is -2.25. The van der Waals surface area contributed by atoms with Crippen LogP contribution in [0.2, 0.25) is 0 Å². The van der Waals surface area contributed by atoms with E-state index >= 15 is 0 Å². The second-order valence-electron chi connectivity index (χ2n) is 4.79. The number of sulfonamides is 1. The van der Waals surface area contributed by atoms with Crippen molar-refractivity contribution in [1.29, 1.82) is 0 Å². The van der Waals surface area contributed by atoms with Gasteiger partial charge in [0.05, 0.1) is 3.79 Å². The van der Waals surface area contributed by atoms with Crippen LogP contribution in [-0.2, 0) is 16.6 Å². The number of nitrogens with one attached hydrogen (secondary N) is 1. The summed E-state index contributed by atoms with van der Waals surface area (Å²) in [7, 11) is -3.50. The highest BCUT2D eigenvalue weighted by atomic mass is 79.9. The van der Waals surface area contributed by atoms with Gasteiger partial charge in [-0.15, -0.1) is 11.3 Å². The highest BCUT2D eigenvalue weighted by molar-refractivity contribution is 9.11.